The molecule has 0 radical (unpaired) electrons. The van der Waals surface area contributed by atoms with Gasteiger partial charge in [-0.05, 0) is 49.3 Å². The van der Waals surface area contributed by atoms with Crippen LogP contribution in [0, 0.1) is 24.6 Å². The summed E-state index contributed by atoms with van der Waals surface area (Å²) in [7, 11) is 0. The van der Waals surface area contributed by atoms with Gasteiger partial charge in [-0.15, -0.1) is 0 Å². The molecule has 3 rings (SSSR count). The van der Waals surface area contributed by atoms with Crippen molar-refractivity contribution in [3.63, 3.8) is 0 Å². The van der Waals surface area contributed by atoms with E-state index in [2.05, 4.69) is 24.1 Å². The van der Waals surface area contributed by atoms with E-state index in [1.165, 1.54) is 12.8 Å². The van der Waals surface area contributed by atoms with Gasteiger partial charge in [-0.3, -0.25) is 0 Å². The minimum atomic E-state index is -0.0768. The Balaban J connectivity index is 1.87. The summed E-state index contributed by atoms with van der Waals surface area (Å²) in [6.45, 7) is 8.29. The average molecular weight is 276 g/mol. The van der Waals surface area contributed by atoms with Crippen molar-refractivity contribution in [2.75, 3.05) is 18.0 Å². The molecule has 0 aromatic heterocycles. The molecule has 20 heavy (non-hydrogen) atoms. The molecule has 0 spiro atoms. The molecule has 1 saturated heterocycles. The molecule has 3 heteroatoms. The second-order valence-corrected chi connectivity index (χ2v) is 6.77. The molecule has 1 heterocycles. The first-order valence-corrected chi connectivity index (χ1v) is 7.82. The van der Waals surface area contributed by atoms with Gasteiger partial charge in [-0.1, -0.05) is 19.9 Å². The number of nitrogens with one attached hydrogen (secondary N) is 1. The molecule has 2 unspecified atom stereocenters. The van der Waals surface area contributed by atoms with Crippen LogP contribution in [-0.4, -0.2) is 25.2 Å². The van der Waals surface area contributed by atoms with E-state index in [0.717, 1.165) is 30.3 Å². The predicted molar refractivity (Wildman–Crippen MR) is 81.6 cm³/mol. The highest BCUT2D eigenvalue weighted by Gasteiger charge is 2.38. The van der Waals surface area contributed by atoms with E-state index in [1.54, 1.807) is 6.07 Å². The molecule has 2 aliphatic rings. The molecule has 1 N–H and O–H groups in total. The molecule has 1 aromatic carbocycles. The molecular formula is C17H25FN2. The summed E-state index contributed by atoms with van der Waals surface area (Å²) in [5.74, 6) is 1.24. The summed E-state index contributed by atoms with van der Waals surface area (Å²) >= 11 is 0. The second-order valence-electron chi connectivity index (χ2n) is 6.77. The van der Waals surface area contributed by atoms with Gasteiger partial charge < -0.3 is 10.2 Å². The lowest BCUT2D eigenvalue weighted by atomic mass is 9.96. The largest absolute Gasteiger partial charge is 0.363 e. The van der Waals surface area contributed by atoms with Crippen LogP contribution in [0.2, 0.25) is 0 Å². The van der Waals surface area contributed by atoms with E-state index in [4.69, 9.17) is 0 Å². The Morgan fingerprint density at radius 2 is 2.05 bits per heavy atom. The maximum Gasteiger partial charge on any atom is 0.146 e. The van der Waals surface area contributed by atoms with Gasteiger partial charge in [0.15, 0.2) is 0 Å². The van der Waals surface area contributed by atoms with Crippen molar-refractivity contribution in [2.45, 2.75) is 45.7 Å². The zero-order valence-corrected chi connectivity index (χ0v) is 12.7. The van der Waals surface area contributed by atoms with E-state index in [9.17, 15) is 4.39 Å². The monoisotopic (exact) mass is 276 g/mol. The lowest BCUT2D eigenvalue weighted by Crippen LogP contribution is -2.59. The first-order chi connectivity index (χ1) is 9.56. The number of benzene rings is 1. The SMILES string of the molecule is Cc1ccc(N2CC(C3CC3)NCC2C(C)C)c(F)c1. The minimum Gasteiger partial charge on any atom is -0.363 e. The fourth-order valence-corrected chi connectivity index (χ4v) is 3.33. The number of aryl methyl sites for hydroxylation is 1. The number of piperazine rings is 1. The molecule has 1 aliphatic carbocycles. The van der Waals surface area contributed by atoms with E-state index < -0.39 is 0 Å². The van der Waals surface area contributed by atoms with Gasteiger partial charge in [0.05, 0.1) is 5.69 Å². The Morgan fingerprint density at radius 3 is 2.65 bits per heavy atom. The van der Waals surface area contributed by atoms with Crippen LogP contribution < -0.4 is 10.2 Å². The van der Waals surface area contributed by atoms with Crippen LogP contribution in [-0.2, 0) is 0 Å². The minimum absolute atomic E-state index is 0.0768. The maximum atomic E-state index is 14.4. The molecule has 2 fully saturated rings. The van der Waals surface area contributed by atoms with Crippen LogP contribution in [0.15, 0.2) is 18.2 Å². The number of hydrogen-bond acceptors (Lipinski definition) is 2. The molecule has 2 atom stereocenters. The van der Waals surface area contributed by atoms with E-state index in [1.807, 2.05) is 19.1 Å². The molecule has 1 aromatic rings. The van der Waals surface area contributed by atoms with Crippen molar-refractivity contribution >= 4 is 5.69 Å². The van der Waals surface area contributed by atoms with Crippen molar-refractivity contribution in [1.29, 1.82) is 0 Å². The van der Waals surface area contributed by atoms with Gasteiger partial charge in [0.2, 0.25) is 0 Å². The third kappa shape index (κ3) is 2.69. The summed E-state index contributed by atoms with van der Waals surface area (Å²) in [6.07, 6.45) is 2.66. The summed E-state index contributed by atoms with van der Waals surface area (Å²) in [6, 6.07) is 6.54. The topological polar surface area (TPSA) is 15.3 Å². The predicted octanol–water partition coefficient (Wildman–Crippen LogP) is 3.35. The van der Waals surface area contributed by atoms with Crippen molar-refractivity contribution in [3.05, 3.63) is 29.6 Å². The van der Waals surface area contributed by atoms with Crippen molar-refractivity contribution < 1.29 is 4.39 Å². The van der Waals surface area contributed by atoms with E-state index >= 15 is 0 Å². The molecule has 2 nitrogen and oxygen atoms in total. The van der Waals surface area contributed by atoms with Gasteiger partial charge in [0.25, 0.3) is 0 Å². The smallest absolute Gasteiger partial charge is 0.146 e. The summed E-state index contributed by atoms with van der Waals surface area (Å²) in [5.41, 5.74) is 1.77. The fraction of sp³-hybridized carbons (Fsp3) is 0.647. The summed E-state index contributed by atoms with van der Waals surface area (Å²) in [5, 5.41) is 3.68. The third-order valence-corrected chi connectivity index (χ3v) is 4.76. The van der Waals surface area contributed by atoms with Crippen LogP contribution in [0.1, 0.15) is 32.3 Å². The number of hydrogen-bond donors (Lipinski definition) is 1. The van der Waals surface area contributed by atoms with Crippen LogP contribution in [0.4, 0.5) is 10.1 Å². The molecule has 1 aliphatic heterocycles. The van der Waals surface area contributed by atoms with Gasteiger partial charge in [0, 0.05) is 25.2 Å². The lowest BCUT2D eigenvalue weighted by molar-refractivity contribution is 0.318. The zero-order chi connectivity index (χ0) is 14.3. The van der Waals surface area contributed by atoms with Crippen LogP contribution in [0.25, 0.3) is 0 Å². The van der Waals surface area contributed by atoms with Gasteiger partial charge in [0.1, 0.15) is 5.82 Å². The highest BCUT2D eigenvalue weighted by Crippen LogP contribution is 2.36. The van der Waals surface area contributed by atoms with Crippen molar-refractivity contribution in [2.24, 2.45) is 11.8 Å². The summed E-state index contributed by atoms with van der Waals surface area (Å²) < 4.78 is 14.4. The highest BCUT2D eigenvalue weighted by molar-refractivity contribution is 5.51. The normalized spacial score (nSPS) is 27.1. The third-order valence-electron chi connectivity index (χ3n) is 4.76. The Bertz CT molecular complexity index is 482. The standard InChI is InChI=1S/C17H25FN2/c1-11(2)17-9-19-15(13-5-6-13)10-20(17)16-7-4-12(3)8-14(16)18/h4,7-8,11,13,15,17,19H,5-6,9-10H2,1-3H3. The Morgan fingerprint density at radius 1 is 1.30 bits per heavy atom. The first-order valence-electron chi connectivity index (χ1n) is 7.82. The molecule has 0 amide bonds. The van der Waals surface area contributed by atoms with Crippen LogP contribution in [0.5, 0.6) is 0 Å². The number of halogens is 1. The van der Waals surface area contributed by atoms with E-state index in [-0.39, 0.29) is 5.82 Å². The Labute approximate surface area is 121 Å². The molecule has 110 valence electrons. The zero-order valence-electron chi connectivity index (χ0n) is 12.7. The fourth-order valence-electron chi connectivity index (χ4n) is 3.33. The highest BCUT2D eigenvalue weighted by atomic mass is 19.1. The van der Waals surface area contributed by atoms with Crippen molar-refractivity contribution in [1.82, 2.24) is 5.32 Å². The average Bonchev–Trinajstić information content (AvgIpc) is 3.22. The Hall–Kier alpha value is -1.09. The van der Waals surface area contributed by atoms with Gasteiger partial charge >= 0.3 is 0 Å². The number of anilines is 1. The number of nitrogens with zero attached hydrogens (tertiary/aromatic N) is 1. The Kier molecular flexibility index (Phi) is 3.72. The molecule has 0 bridgehead atoms. The van der Waals surface area contributed by atoms with Gasteiger partial charge in [-0.2, -0.15) is 0 Å². The van der Waals surface area contributed by atoms with E-state index in [0.29, 0.717) is 18.0 Å². The quantitative estimate of drug-likeness (QED) is 0.911. The maximum absolute atomic E-state index is 14.4. The molecule has 1 saturated carbocycles. The van der Waals surface area contributed by atoms with Crippen LogP contribution in [0.3, 0.4) is 0 Å². The molecular weight excluding hydrogens is 251 g/mol. The number of rotatable bonds is 3. The summed E-state index contributed by atoms with van der Waals surface area (Å²) in [4.78, 5) is 2.30. The first kappa shape index (κ1) is 13.9. The van der Waals surface area contributed by atoms with Gasteiger partial charge in [-0.25, -0.2) is 4.39 Å². The lowest BCUT2D eigenvalue weighted by Gasteiger charge is -2.44. The van der Waals surface area contributed by atoms with Crippen LogP contribution >= 0.6 is 0 Å². The van der Waals surface area contributed by atoms with Crippen molar-refractivity contribution in [3.8, 4) is 0 Å². The second kappa shape index (κ2) is 5.36.